The number of sulfonamides is 1. The summed E-state index contributed by atoms with van der Waals surface area (Å²) >= 11 is 0. The molecule has 2 atom stereocenters. The zero-order valence-electron chi connectivity index (χ0n) is 17.1. The van der Waals surface area contributed by atoms with Crippen LogP contribution >= 0.6 is 12.4 Å². The molecule has 28 heavy (non-hydrogen) atoms. The van der Waals surface area contributed by atoms with Gasteiger partial charge in [-0.05, 0) is 52.2 Å². The summed E-state index contributed by atoms with van der Waals surface area (Å²) in [6.45, 7) is 10.3. The fourth-order valence-electron chi connectivity index (χ4n) is 4.17. The predicted molar refractivity (Wildman–Crippen MR) is 113 cm³/mol. The fraction of sp³-hybridized carbons (Fsp3) is 0.650. The highest BCUT2D eigenvalue weighted by molar-refractivity contribution is 7.89. The van der Waals surface area contributed by atoms with Crippen LogP contribution in [0.3, 0.4) is 0 Å². The average Bonchev–Trinajstić information content (AvgIpc) is 2.63. The van der Waals surface area contributed by atoms with E-state index in [2.05, 4.69) is 19.2 Å². The van der Waals surface area contributed by atoms with Crippen LogP contribution in [-0.2, 0) is 14.8 Å². The van der Waals surface area contributed by atoms with Gasteiger partial charge in [0.25, 0.3) is 0 Å². The van der Waals surface area contributed by atoms with Crippen molar-refractivity contribution in [3.8, 4) is 0 Å². The zero-order valence-corrected chi connectivity index (χ0v) is 18.8. The highest BCUT2D eigenvalue weighted by atomic mass is 35.5. The van der Waals surface area contributed by atoms with Crippen molar-refractivity contribution in [1.29, 1.82) is 0 Å². The summed E-state index contributed by atoms with van der Waals surface area (Å²) in [4.78, 5) is 15.3. The number of amides is 1. The van der Waals surface area contributed by atoms with E-state index in [1.165, 1.54) is 4.31 Å². The lowest BCUT2D eigenvalue weighted by atomic mass is 9.94. The molecule has 1 aromatic carbocycles. The van der Waals surface area contributed by atoms with E-state index in [0.717, 1.165) is 24.2 Å². The number of hydrogen-bond acceptors (Lipinski definition) is 4. The number of hydrogen-bond donors (Lipinski definition) is 1. The molecule has 2 unspecified atom stereocenters. The van der Waals surface area contributed by atoms with Gasteiger partial charge < -0.3 is 10.2 Å². The van der Waals surface area contributed by atoms with E-state index >= 15 is 0 Å². The quantitative estimate of drug-likeness (QED) is 0.800. The van der Waals surface area contributed by atoms with E-state index in [1.54, 1.807) is 6.07 Å². The number of rotatable bonds is 3. The van der Waals surface area contributed by atoms with Crippen LogP contribution in [0.15, 0.2) is 23.1 Å². The SMILES string of the molecule is Cc1ccc(S(=O)(=O)N2CCC(C(=O)N3CCNC(C)C3C)CC2)c(C)c1.Cl. The lowest BCUT2D eigenvalue weighted by Gasteiger charge is -2.41. The molecule has 2 heterocycles. The van der Waals surface area contributed by atoms with Crippen molar-refractivity contribution in [3.63, 3.8) is 0 Å². The van der Waals surface area contributed by atoms with Crippen molar-refractivity contribution in [2.75, 3.05) is 26.2 Å². The fourth-order valence-corrected chi connectivity index (χ4v) is 5.85. The van der Waals surface area contributed by atoms with E-state index in [9.17, 15) is 13.2 Å². The van der Waals surface area contributed by atoms with Gasteiger partial charge >= 0.3 is 0 Å². The van der Waals surface area contributed by atoms with E-state index in [4.69, 9.17) is 0 Å². The monoisotopic (exact) mass is 429 g/mol. The Bertz CT molecular complexity index is 807. The van der Waals surface area contributed by atoms with Crippen molar-refractivity contribution in [2.24, 2.45) is 5.92 Å². The first-order chi connectivity index (χ1) is 12.7. The van der Waals surface area contributed by atoms with Crippen LogP contribution in [-0.4, -0.2) is 61.8 Å². The first-order valence-corrected chi connectivity index (χ1v) is 11.3. The minimum absolute atomic E-state index is 0. The van der Waals surface area contributed by atoms with Gasteiger partial charge in [-0.2, -0.15) is 4.31 Å². The van der Waals surface area contributed by atoms with Crippen molar-refractivity contribution in [3.05, 3.63) is 29.3 Å². The maximum atomic E-state index is 13.0. The number of nitrogens with zero attached hydrogens (tertiary/aromatic N) is 2. The first kappa shape index (κ1) is 23.1. The molecule has 2 aliphatic rings. The van der Waals surface area contributed by atoms with Crippen molar-refractivity contribution < 1.29 is 13.2 Å². The van der Waals surface area contributed by atoms with Gasteiger partial charge in [-0.3, -0.25) is 4.79 Å². The largest absolute Gasteiger partial charge is 0.337 e. The zero-order chi connectivity index (χ0) is 19.8. The molecular formula is C20H32ClN3O3S. The molecule has 2 saturated heterocycles. The molecule has 0 bridgehead atoms. The maximum absolute atomic E-state index is 13.0. The molecule has 0 aromatic heterocycles. The molecule has 2 fully saturated rings. The van der Waals surface area contributed by atoms with Gasteiger partial charge in [0.1, 0.15) is 0 Å². The van der Waals surface area contributed by atoms with Gasteiger partial charge in [-0.15, -0.1) is 12.4 Å². The summed E-state index contributed by atoms with van der Waals surface area (Å²) < 4.78 is 27.6. The second kappa shape index (κ2) is 9.11. The Hall–Kier alpha value is -1.15. The molecule has 0 radical (unpaired) electrons. The van der Waals surface area contributed by atoms with Crippen molar-refractivity contribution in [1.82, 2.24) is 14.5 Å². The molecule has 8 heteroatoms. The number of benzene rings is 1. The second-order valence-corrected chi connectivity index (χ2v) is 9.87. The predicted octanol–water partition coefficient (Wildman–Crippen LogP) is 2.33. The summed E-state index contributed by atoms with van der Waals surface area (Å²) in [5.41, 5.74) is 1.83. The van der Waals surface area contributed by atoms with Gasteiger partial charge in [0.05, 0.1) is 4.90 Å². The number of piperidine rings is 1. The van der Waals surface area contributed by atoms with Crippen LogP contribution < -0.4 is 5.32 Å². The smallest absolute Gasteiger partial charge is 0.243 e. The summed E-state index contributed by atoms with van der Waals surface area (Å²) in [5.74, 6) is 0.0997. The Morgan fingerprint density at radius 1 is 1.11 bits per heavy atom. The summed E-state index contributed by atoms with van der Waals surface area (Å²) in [6.07, 6.45) is 1.18. The van der Waals surface area contributed by atoms with Gasteiger partial charge in [0, 0.05) is 44.2 Å². The number of halogens is 1. The maximum Gasteiger partial charge on any atom is 0.243 e. The number of carbonyl (C=O) groups excluding carboxylic acids is 1. The van der Waals surface area contributed by atoms with Crippen LogP contribution in [0.1, 0.15) is 37.8 Å². The van der Waals surface area contributed by atoms with Crippen molar-refractivity contribution in [2.45, 2.75) is 57.5 Å². The number of carbonyl (C=O) groups is 1. The summed E-state index contributed by atoms with van der Waals surface area (Å²) in [6, 6.07) is 5.89. The molecule has 158 valence electrons. The van der Waals surface area contributed by atoms with Crippen LogP contribution in [0.2, 0.25) is 0 Å². The third-order valence-electron chi connectivity index (χ3n) is 6.07. The van der Waals surface area contributed by atoms with Crippen LogP contribution in [0.5, 0.6) is 0 Å². The Morgan fingerprint density at radius 2 is 1.75 bits per heavy atom. The Labute approximate surface area is 175 Å². The second-order valence-electron chi connectivity index (χ2n) is 7.96. The van der Waals surface area contributed by atoms with Gasteiger partial charge in [0.15, 0.2) is 0 Å². The molecule has 0 saturated carbocycles. The van der Waals surface area contributed by atoms with Gasteiger partial charge in [0.2, 0.25) is 15.9 Å². The molecular weight excluding hydrogens is 398 g/mol. The highest BCUT2D eigenvalue weighted by Crippen LogP contribution is 2.28. The molecule has 1 aromatic rings. The first-order valence-electron chi connectivity index (χ1n) is 9.83. The Kier molecular flexibility index (Phi) is 7.53. The van der Waals surface area contributed by atoms with Crippen LogP contribution in [0.4, 0.5) is 0 Å². The molecule has 1 N–H and O–H groups in total. The Morgan fingerprint density at radius 3 is 2.36 bits per heavy atom. The van der Waals surface area contributed by atoms with Crippen LogP contribution in [0, 0.1) is 19.8 Å². The van der Waals surface area contributed by atoms with Gasteiger partial charge in [-0.25, -0.2) is 8.42 Å². The average molecular weight is 430 g/mol. The van der Waals surface area contributed by atoms with Crippen LogP contribution in [0.25, 0.3) is 0 Å². The Balaban J connectivity index is 0.00000280. The van der Waals surface area contributed by atoms with Crippen molar-refractivity contribution >= 4 is 28.3 Å². The minimum Gasteiger partial charge on any atom is -0.337 e. The molecule has 3 rings (SSSR count). The van der Waals surface area contributed by atoms with E-state index in [0.29, 0.717) is 30.8 Å². The molecule has 6 nitrogen and oxygen atoms in total. The number of nitrogens with one attached hydrogen (secondary N) is 1. The molecule has 0 aliphatic carbocycles. The van der Waals surface area contributed by atoms with E-state index in [-0.39, 0.29) is 36.3 Å². The lowest BCUT2D eigenvalue weighted by molar-refractivity contribution is -0.140. The van der Waals surface area contributed by atoms with E-state index < -0.39 is 10.0 Å². The third-order valence-corrected chi connectivity index (χ3v) is 8.13. The third kappa shape index (κ3) is 4.53. The molecule has 0 spiro atoms. The lowest BCUT2D eigenvalue weighted by Crippen LogP contribution is -2.59. The summed E-state index contributed by atoms with van der Waals surface area (Å²) in [7, 11) is -3.50. The minimum atomic E-state index is -3.50. The number of piperazine rings is 1. The number of aryl methyl sites for hydroxylation is 2. The standard InChI is InChI=1S/C20H31N3O3S.ClH/c1-14-5-6-19(15(2)13-14)27(25,26)22-10-7-18(8-11-22)20(24)23-12-9-21-16(3)17(23)4;/h5-6,13,16-18,21H,7-12H2,1-4H3;1H. The summed E-state index contributed by atoms with van der Waals surface area (Å²) in [5, 5.41) is 3.39. The van der Waals surface area contributed by atoms with E-state index in [1.807, 2.05) is 30.9 Å². The normalized spacial score (nSPS) is 24.6. The molecule has 1 amide bonds. The highest BCUT2D eigenvalue weighted by Gasteiger charge is 2.37. The topological polar surface area (TPSA) is 69.7 Å². The van der Waals surface area contributed by atoms with Gasteiger partial charge in [-0.1, -0.05) is 17.7 Å². The molecule has 2 aliphatic heterocycles.